The number of carbonyl (C=O) groups excluding carboxylic acids is 1. The van der Waals surface area contributed by atoms with Crippen molar-refractivity contribution in [3.05, 3.63) is 46.0 Å². The highest BCUT2D eigenvalue weighted by atomic mass is 32.2. The number of aromatic nitrogens is 3. The summed E-state index contributed by atoms with van der Waals surface area (Å²) in [6, 6.07) is 3.72. The first-order valence-corrected chi connectivity index (χ1v) is 7.96. The molecule has 114 valence electrons. The number of hydrogen-bond donors (Lipinski definition) is 1. The lowest BCUT2D eigenvalue weighted by atomic mass is 10.1. The Kier molecular flexibility index (Phi) is 3.98. The molecule has 0 radical (unpaired) electrons. The molecule has 0 aliphatic carbocycles. The summed E-state index contributed by atoms with van der Waals surface area (Å²) >= 11 is 1.43. The average molecular weight is 316 g/mol. The van der Waals surface area contributed by atoms with Crippen molar-refractivity contribution in [2.75, 3.05) is 11.1 Å². The zero-order chi connectivity index (χ0) is 15.7. The highest BCUT2D eigenvalue weighted by Gasteiger charge is 2.27. The lowest BCUT2D eigenvalue weighted by Crippen LogP contribution is -2.37. The largest absolute Gasteiger partial charge is 0.310 e. The molecule has 0 fully saturated rings. The van der Waals surface area contributed by atoms with Crippen LogP contribution in [0.15, 0.2) is 34.5 Å². The van der Waals surface area contributed by atoms with Gasteiger partial charge in [-0.05, 0) is 25.5 Å². The van der Waals surface area contributed by atoms with Crippen molar-refractivity contribution < 1.29 is 4.79 Å². The third-order valence-electron chi connectivity index (χ3n) is 3.62. The highest BCUT2D eigenvalue weighted by molar-refractivity contribution is 7.99. The fourth-order valence-electron chi connectivity index (χ4n) is 2.30. The number of hydrogen-bond acceptors (Lipinski definition) is 5. The molecule has 3 rings (SSSR count). The van der Waals surface area contributed by atoms with E-state index < -0.39 is 0 Å². The summed E-state index contributed by atoms with van der Waals surface area (Å²) in [7, 11) is 0. The third kappa shape index (κ3) is 2.76. The summed E-state index contributed by atoms with van der Waals surface area (Å²) in [5, 5.41) is 3.52. The molecule has 1 N–H and O–H groups in total. The van der Waals surface area contributed by atoms with E-state index in [0.29, 0.717) is 28.8 Å². The minimum absolute atomic E-state index is 0.0796. The van der Waals surface area contributed by atoms with Crippen molar-refractivity contribution in [2.45, 2.75) is 25.5 Å². The van der Waals surface area contributed by atoms with Gasteiger partial charge in [-0.25, -0.2) is 9.97 Å². The Balaban J connectivity index is 1.80. The maximum atomic E-state index is 12.4. The first-order valence-electron chi connectivity index (χ1n) is 6.98. The SMILES string of the molecule is Cc1cccnc1NC(=O)[C@H]1CSc2ncc(C)c(=O)n2C1. The van der Waals surface area contributed by atoms with Gasteiger partial charge in [0, 0.05) is 30.3 Å². The number of thioether (sulfide) groups is 1. The molecule has 22 heavy (non-hydrogen) atoms. The van der Waals surface area contributed by atoms with Gasteiger partial charge >= 0.3 is 0 Å². The van der Waals surface area contributed by atoms with Crippen LogP contribution < -0.4 is 10.9 Å². The number of carbonyl (C=O) groups is 1. The van der Waals surface area contributed by atoms with Crippen LogP contribution in [0.1, 0.15) is 11.1 Å². The first-order chi connectivity index (χ1) is 10.6. The van der Waals surface area contributed by atoms with Crippen LogP contribution in [-0.4, -0.2) is 26.2 Å². The number of fused-ring (bicyclic) bond motifs is 1. The Labute approximate surface area is 132 Å². The highest BCUT2D eigenvalue weighted by Crippen LogP contribution is 2.25. The number of pyridine rings is 1. The molecule has 1 aliphatic heterocycles. The van der Waals surface area contributed by atoms with E-state index >= 15 is 0 Å². The number of nitrogens with one attached hydrogen (secondary N) is 1. The Morgan fingerprint density at radius 3 is 2.95 bits per heavy atom. The quantitative estimate of drug-likeness (QED) is 0.852. The number of anilines is 1. The molecule has 0 unspecified atom stereocenters. The Morgan fingerprint density at radius 2 is 2.18 bits per heavy atom. The molecule has 3 heterocycles. The number of rotatable bonds is 2. The second-order valence-electron chi connectivity index (χ2n) is 5.31. The monoisotopic (exact) mass is 316 g/mol. The van der Waals surface area contributed by atoms with Crippen LogP contribution in [0.3, 0.4) is 0 Å². The van der Waals surface area contributed by atoms with E-state index in [-0.39, 0.29) is 17.4 Å². The van der Waals surface area contributed by atoms with Gasteiger partial charge in [0.25, 0.3) is 5.56 Å². The molecule has 2 aromatic heterocycles. The van der Waals surface area contributed by atoms with Crippen molar-refractivity contribution in [1.29, 1.82) is 0 Å². The van der Waals surface area contributed by atoms with Gasteiger partial charge in [0.1, 0.15) is 5.82 Å². The summed E-state index contributed by atoms with van der Waals surface area (Å²) in [6.45, 7) is 3.98. The maximum Gasteiger partial charge on any atom is 0.257 e. The van der Waals surface area contributed by atoms with Gasteiger partial charge in [-0.2, -0.15) is 0 Å². The minimum Gasteiger partial charge on any atom is -0.310 e. The molecule has 1 atom stereocenters. The zero-order valence-corrected chi connectivity index (χ0v) is 13.2. The standard InChI is InChI=1S/C15H16N4O2S/c1-9-4-3-5-16-12(9)18-13(20)11-7-19-14(21)10(2)6-17-15(19)22-8-11/h3-6,11H,7-8H2,1-2H3,(H,16,18,20)/t11-/m1/s1. The number of nitrogens with zero attached hydrogens (tertiary/aromatic N) is 3. The molecule has 1 amide bonds. The molecule has 6 nitrogen and oxygen atoms in total. The molecular formula is C15H16N4O2S. The van der Waals surface area contributed by atoms with E-state index in [9.17, 15) is 9.59 Å². The zero-order valence-electron chi connectivity index (χ0n) is 12.4. The van der Waals surface area contributed by atoms with Gasteiger partial charge in [0.05, 0.1) is 5.92 Å². The van der Waals surface area contributed by atoms with Crippen LogP contribution in [0.4, 0.5) is 5.82 Å². The van der Waals surface area contributed by atoms with Gasteiger partial charge in [-0.1, -0.05) is 17.8 Å². The smallest absolute Gasteiger partial charge is 0.257 e. The molecule has 2 aromatic rings. The average Bonchev–Trinajstić information content (AvgIpc) is 2.53. The first kappa shape index (κ1) is 14.8. The number of aryl methyl sites for hydroxylation is 2. The Hall–Kier alpha value is -2.15. The van der Waals surface area contributed by atoms with Crippen LogP contribution >= 0.6 is 11.8 Å². The molecule has 7 heteroatoms. The summed E-state index contributed by atoms with van der Waals surface area (Å²) in [6.07, 6.45) is 3.23. The fraction of sp³-hybridized carbons (Fsp3) is 0.333. The van der Waals surface area contributed by atoms with Crippen molar-refractivity contribution in [3.63, 3.8) is 0 Å². The van der Waals surface area contributed by atoms with E-state index in [2.05, 4.69) is 15.3 Å². The van der Waals surface area contributed by atoms with E-state index in [0.717, 1.165) is 5.56 Å². The molecule has 0 saturated heterocycles. The van der Waals surface area contributed by atoms with Crippen molar-refractivity contribution in [2.24, 2.45) is 5.92 Å². The van der Waals surface area contributed by atoms with Gasteiger partial charge in [0.15, 0.2) is 5.16 Å². The summed E-state index contributed by atoms with van der Waals surface area (Å²) in [4.78, 5) is 33.0. The van der Waals surface area contributed by atoms with E-state index in [4.69, 9.17) is 0 Å². The van der Waals surface area contributed by atoms with Crippen LogP contribution in [0.5, 0.6) is 0 Å². The summed E-state index contributed by atoms with van der Waals surface area (Å²) < 4.78 is 1.58. The van der Waals surface area contributed by atoms with E-state index in [1.165, 1.54) is 11.8 Å². The van der Waals surface area contributed by atoms with Gasteiger partial charge in [-0.15, -0.1) is 0 Å². The second-order valence-corrected chi connectivity index (χ2v) is 6.29. The predicted octanol–water partition coefficient (Wildman–Crippen LogP) is 1.62. The molecular weight excluding hydrogens is 300 g/mol. The summed E-state index contributed by atoms with van der Waals surface area (Å²) in [5.41, 5.74) is 1.42. The van der Waals surface area contributed by atoms with Gasteiger partial charge in [-0.3, -0.25) is 14.2 Å². The maximum absolute atomic E-state index is 12.4. The Morgan fingerprint density at radius 1 is 1.36 bits per heavy atom. The van der Waals surface area contributed by atoms with Crippen LogP contribution in [0, 0.1) is 19.8 Å². The normalized spacial score (nSPS) is 16.9. The van der Waals surface area contributed by atoms with E-state index in [1.54, 1.807) is 23.9 Å². The molecule has 0 aromatic carbocycles. The van der Waals surface area contributed by atoms with Crippen LogP contribution in [0.2, 0.25) is 0 Å². The van der Waals surface area contributed by atoms with Crippen molar-refractivity contribution >= 4 is 23.5 Å². The van der Waals surface area contributed by atoms with Crippen molar-refractivity contribution in [3.8, 4) is 0 Å². The topological polar surface area (TPSA) is 76.9 Å². The second kappa shape index (κ2) is 5.92. The Bertz CT molecular complexity index is 787. The fourth-order valence-corrected chi connectivity index (χ4v) is 3.34. The lowest BCUT2D eigenvalue weighted by molar-refractivity contribution is -0.119. The summed E-state index contributed by atoms with van der Waals surface area (Å²) in [5.74, 6) is 0.777. The number of amides is 1. The predicted molar refractivity (Wildman–Crippen MR) is 85.1 cm³/mol. The van der Waals surface area contributed by atoms with Crippen LogP contribution in [0.25, 0.3) is 0 Å². The van der Waals surface area contributed by atoms with Crippen molar-refractivity contribution in [1.82, 2.24) is 14.5 Å². The lowest BCUT2D eigenvalue weighted by Gasteiger charge is -2.24. The van der Waals surface area contributed by atoms with Gasteiger partial charge in [0.2, 0.25) is 5.91 Å². The van der Waals surface area contributed by atoms with E-state index in [1.807, 2.05) is 19.1 Å². The molecule has 0 bridgehead atoms. The van der Waals surface area contributed by atoms with Gasteiger partial charge < -0.3 is 5.32 Å². The van der Waals surface area contributed by atoms with Crippen LogP contribution in [-0.2, 0) is 11.3 Å². The minimum atomic E-state index is -0.278. The third-order valence-corrected chi connectivity index (χ3v) is 4.77. The molecule has 0 spiro atoms. The molecule has 1 aliphatic rings. The molecule has 0 saturated carbocycles.